The molecule has 5 nitrogen and oxygen atoms in total. The highest BCUT2D eigenvalue weighted by Gasteiger charge is 2.32. The Hall–Kier alpha value is -1.42. The predicted molar refractivity (Wildman–Crippen MR) is 79.1 cm³/mol. The molecule has 1 aliphatic rings. The number of hydrogen-bond donors (Lipinski definition) is 1. The van der Waals surface area contributed by atoms with E-state index in [1.54, 1.807) is 6.92 Å². The zero-order chi connectivity index (χ0) is 15.5. The lowest BCUT2D eigenvalue weighted by Gasteiger charge is -2.27. The van der Waals surface area contributed by atoms with Gasteiger partial charge in [-0.05, 0) is 43.5 Å². The molecular weight excluding hydrogens is 288 g/mol. The Labute approximate surface area is 125 Å². The van der Waals surface area contributed by atoms with Gasteiger partial charge < -0.3 is 5.11 Å². The van der Waals surface area contributed by atoms with Crippen LogP contribution in [0.4, 0.5) is 0 Å². The first kappa shape index (κ1) is 16.0. The van der Waals surface area contributed by atoms with Crippen LogP contribution in [0.5, 0.6) is 0 Å². The van der Waals surface area contributed by atoms with Crippen LogP contribution in [-0.4, -0.2) is 37.0 Å². The molecule has 1 aromatic rings. The van der Waals surface area contributed by atoms with Crippen LogP contribution in [0.15, 0.2) is 23.1 Å². The van der Waals surface area contributed by atoms with Gasteiger partial charge in [-0.2, -0.15) is 9.57 Å². The number of benzene rings is 1. The molecule has 0 bridgehead atoms. The molecule has 1 N–H and O–H groups in total. The quantitative estimate of drug-likeness (QED) is 0.899. The molecule has 0 radical (unpaired) electrons. The summed E-state index contributed by atoms with van der Waals surface area (Å²) in [5, 5.41) is 18.1. The monoisotopic (exact) mass is 308 g/mol. The number of aliphatic hydroxyl groups is 1. The summed E-state index contributed by atoms with van der Waals surface area (Å²) in [7, 11) is -3.63. The van der Waals surface area contributed by atoms with E-state index in [4.69, 9.17) is 5.26 Å². The summed E-state index contributed by atoms with van der Waals surface area (Å²) >= 11 is 0. The van der Waals surface area contributed by atoms with Crippen molar-refractivity contribution in [1.29, 1.82) is 5.26 Å². The van der Waals surface area contributed by atoms with E-state index >= 15 is 0 Å². The summed E-state index contributed by atoms with van der Waals surface area (Å²) in [5.41, 5.74) is 1.12. The van der Waals surface area contributed by atoms with Crippen molar-refractivity contribution in [1.82, 2.24) is 4.31 Å². The van der Waals surface area contributed by atoms with Gasteiger partial charge in [-0.25, -0.2) is 8.42 Å². The third kappa shape index (κ3) is 3.26. The summed E-state index contributed by atoms with van der Waals surface area (Å²) in [6, 6.07) is 6.55. The Morgan fingerprint density at radius 3 is 2.57 bits per heavy atom. The number of aryl methyl sites for hydroxylation is 1. The molecule has 0 amide bonds. The third-order valence-electron chi connectivity index (χ3n) is 3.98. The van der Waals surface area contributed by atoms with Crippen molar-refractivity contribution in [2.24, 2.45) is 0 Å². The Balaban J connectivity index is 2.38. The number of nitriles is 1. The van der Waals surface area contributed by atoms with Crippen molar-refractivity contribution in [3.05, 3.63) is 29.3 Å². The predicted octanol–water partition coefficient (Wildman–Crippen LogP) is 1.79. The molecule has 0 spiro atoms. The maximum atomic E-state index is 12.8. The zero-order valence-corrected chi connectivity index (χ0v) is 12.9. The smallest absolute Gasteiger partial charge is 0.243 e. The van der Waals surface area contributed by atoms with Gasteiger partial charge in [0.15, 0.2) is 0 Å². The zero-order valence-electron chi connectivity index (χ0n) is 12.1. The van der Waals surface area contributed by atoms with E-state index in [1.807, 2.05) is 6.07 Å². The minimum absolute atomic E-state index is 0.0295. The van der Waals surface area contributed by atoms with Crippen LogP contribution in [-0.2, 0) is 10.0 Å². The van der Waals surface area contributed by atoms with Gasteiger partial charge in [0.2, 0.25) is 10.0 Å². The van der Waals surface area contributed by atoms with Crippen molar-refractivity contribution < 1.29 is 13.5 Å². The Kier molecular flexibility index (Phi) is 4.99. The van der Waals surface area contributed by atoms with Crippen LogP contribution in [0.3, 0.4) is 0 Å². The fraction of sp³-hybridized carbons (Fsp3) is 0.533. The highest BCUT2D eigenvalue weighted by Crippen LogP contribution is 2.29. The van der Waals surface area contributed by atoms with Crippen LogP contribution in [0, 0.1) is 18.3 Å². The van der Waals surface area contributed by atoms with Crippen LogP contribution in [0.2, 0.25) is 0 Å². The van der Waals surface area contributed by atoms with Gasteiger partial charge in [0.05, 0.1) is 23.1 Å². The van der Waals surface area contributed by atoms with Gasteiger partial charge in [0.25, 0.3) is 0 Å². The molecule has 1 aliphatic carbocycles. The van der Waals surface area contributed by atoms with Crippen LogP contribution in [0.1, 0.15) is 36.8 Å². The second-order valence-electron chi connectivity index (χ2n) is 5.37. The summed E-state index contributed by atoms with van der Waals surface area (Å²) < 4.78 is 27.0. The molecule has 0 unspecified atom stereocenters. The van der Waals surface area contributed by atoms with Crippen molar-refractivity contribution in [2.75, 3.05) is 13.2 Å². The molecule has 0 atom stereocenters. The summed E-state index contributed by atoms with van der Waals surface area (Å²) in [4.78, 5) is 0.194. The van der Waals surface area contributed by atoms with Gasteiger partial charge in [-0.15, -0.1) is 0 Å². The number of rotatable bonds is 5. The van der Waals surface area contributed by atoms with Crippen LogP contribution in [0.25, 0.3) is 0 Å². The van der Waals surface area contributed by atoms with Crippen LogP contribution >= 0.6 is 0 Å². The molecule has 6 heteroatoms. The second-order valence-corrected chi connectivity index (χ2v) is 7.26. The molecule has 1 saturated carbocycles. The summed E-state index contributed by atoms with van der Waals surface area (Å²) in [5.74, 6) is 0. The molecule has 114 valence electrons. The first-order valence-electron chi connectivity index (χ1n) is 7.14. The fourth-order valence-corrected chi connectivity index (χ4v) is 4.61. The molecule has 0 heterocycles. The third-order valence-corrected chi connectivity index (χ3v) is 5.93. The van der Waals surface area contributed by atoms with E-state index in [1.165, 1.54) is 22.5 Å². The van der Waals surface area contributed by atoms with E-state index in [9.17, 15) is 13.5 Å². The van der Waals surface area contributed by atoms with Gasteiger partial charge in [0.1, 0.15) is 0 Å². The fourth-order valence-electron chi connectivity index (χ4n) is 2.85. The minimum atomic E-state index is -3.63. The molecule has 1 fully saturated rings. The molecule has 0 aliphatic heterocycles. The highest BCUT2D eigenvalue weighted by atomic mass is 32.2. The lowest BCUT2D eigenvalue weighted by molar-refractivity contribution is 0.226. The maximum absolute atomic E-state index is 12.8. The molecule has 1 aromatic carbocycles. The molecular formula is C15H20N2O3S. The Bertz CT molecular complexity index is 643. The normalized spacial score (nSPS) is 16.3. The standard InChI is InChI=1S/C15H20N2O3S/c1-12-10-15(7-6-13(12)11-16)21(19,20)17(8-9-18)14-4-2-3-5-14/h6-7,10,14,18H,2-5,8-9H2,1H3. The number of hydrogen-bond acceptors (Lipinski definition) is 4. The highest BCUT2D eigenvalue weighted by molar-refractivity contribution is 7.89. The maximum Gasteiger partial charge on any atom is 0.243 e. The lowest BCUT2D eigenvalue weighted by Crippen LogP contribution is -2.40. The van der Waals surface area contributed by atoms with Gasteiger partial charge in [-0.1, -0.05) is 12.8 Å². The van der Waals surface area contributed by atoms with Crippen molar-refractivity contribution in [3.63, 3.8) is 0 Å². The van der Waals surface area contributed by atoms with Gasteiger partial charge in [0, 0.05) is 12.6 Å². The molecule has 2 rings (SSSR count). The average Bonchev–Trinajstić information content (AvgIpc) is 2.98. The first-order valence-corrected chi connectivity index (χ1v) is 8.58. The van der Waals surface area contributed by atoms with E-state index in [0.29, 0.717) is 11.1 Å². The minimum Gasteiger partial charge on any atom is -0.395 e. The van der Waals surface area contributed by atoms with E-state index in [0.717, 1.165) is 25.7 Å². The molecule has 0 saturated heterocycles. The lowest BCUT2D eigenvalue weighted by atomic mass is 10.1. The van der Waals surface area contributed by atoms with E-state index in [-0.39, 0.29) is 24.1 Å². The van der Waals surface area contributed by atoms with Gasteiger partial charge in [-0.3, -0.25) is 0 Å². The Morgan fingerprint density at radius 1 is 1.38 bits per heavy atom. The summed E-state index contributed by atoms with van der Waals surface area (Å²) in [6.07, 6.45) is 3.73. The number of nitrogens with zero attached hydrogens (tertiary/aromatic N) is 2. The SMILES string of the molecule is Cc1cc(S(=O)(=O)N(CCO)C2CCCC2)ccc1C#N. The van der Waals surface area contributed by atoms with Gasteiger partial charge >= 0.3 is 0 Å². The number of sulfonamides is 1. The van der Waals surface area contributed by atoms with Crippen molar-refractivity contribution >= 4 is 10.0 Å². The second kappa shape index (κ2) is 6.56. The summed E-state index contributed by atoms with van der Waals surface area (Å²) in [6.45, 7) is 1.65. The van der Waals surface area contributed by atoms with Crippen molar-refractivity contribution in [3.8, 4) is 6.07 Å². The molecule has 0 aromatic heterocycles. The van der Waals surface area contributed by atoms with E-state index in [2.05, 4.69) is 0 Å². The first-order chi connectivity index (χ1) is 10.0. The topological polar surface area (TPSA) is 81.4 Å². The largest absolute Gasteiger partial charge is 0.395 e. The van der Waals surface area contributed by atoms with E-state index < -0.39 is 10.0 Å². The van der Waals surface area contributed by atoms with Crippen molar-refractivity contribution in [2.45, 2.75) is 43.5 Å². The number of aliphatic hydroxyl groups excluding tert-OH is 1. The average molecular weight is 308 g/mol. The molecule has 21 heavy (non-hydrogen) atoms. The van der Waals surface area contributed by atoms with Crippen LogP contribution < -0.4 is 0 Å². The Morgan fingerprint density at radius 2 is 2.05 bits per heavy atom.